The summed E-state index contributed by atoms with van der Waals surface area (Å²) in [5.41, 5.74) is -1.03. The normalized spacial score (nSPS) is 13.7. The monoisotopic (exact) mass is 268 g/mol. The maximum atomic E-state index is 12.6. The van der Waals surface area contributed by atoms with Gasteiger partial charge in [0.15, 0.2) is 0 Å². The number of aliphatic carboxylic acids is 1. The predicted molar refractivity (Wildman–Crippen MR) is 52.4 cm³/mol. The molecule has 0 spiro atoms. The van der Waals surface area contributed by atoms with Crippen molar-refractivity contribution in [3.05, 3.63) is 35.4 Å². The van der Waals surface area contributed by atoms with E-state index in [1.54, 1.807) is 0 Å². The molecule has 1 unspecified atom stereocenters. The van der Waals surface area contributed by atoms with E-state index in [4.69, 9.17) is 5.11 Å². The molecule has 1 atom stereocenters. The van der Waals surface area contributed by atoms with Crippen LogP contribution >= 0.6 is 0 Å². The predicted octanol–water partition coefficient (Wildman–Crippen LogP) is 3.74. The van der Waals surface area contributed by atoms with Crippen molar-refractivity contribution in [3.8, 4) is 0 Å². The number of rotatable bonds is 4. The van der Waals surface area contributed by atoms with Crippen molar-refractivity contribution in [3.63, 3.8) is 0 Å². The number of hydrogen-bond acceptors (Lipinski definition) is 1. The van der Waals surface area contributed by atoms with E-state index < -0.39 is 42.0 Å². The van der Waals surface area contributed by atoms with E-state index in [-0.39, 0.29) is 0 Å². The van der Waals surface area contributed by atoms with E-state index in [1.165, 1.54) is 0 Å². The Morgan fingerprint density at radius 3 is 2.22 bits per heavy atom. The molecular formula is C11H9F5O2. The summed E-state index contributed by atoms with van der Waals surface area (Å²) in [5.74, 6) is -3.92. The van der Waals surface area contributed by atoms with Crippen LogP contribution in [0.1, 0.15) is 29.9 Å². The van der Waals surface area contributed by atoms with Crippen molar-refractivity contribution in [2.45, 2.75) is 24.9 Å². The van der Waals surface area contributed by atoms with Crippen LogP contribution in [0.3, 0.4) is 0 Å². The first-order chi connectivity index (χ1) is 8.21. The van der Waals surface area contributed by atoms with E-state index in [0.29, 0.717) is 6.07 Å². The minimum atomic E-state index is -4.79. The lowest BCUT2D eigenvalue weighted by atomic mass is 9.94. The molecule has 0 amide bonds. The number of hydrogen-bond donors (Lipinski definition) is 1. The molecule has 18 heavy (non-hydrogen) atoms. The summed E-state index contributed by atoms with van der Waals surface area (Å²) in [5, 5.41) is 8.44. The molecule has 0 saturated carbocycles. The minimum Gasteiger partial charge on any atom is -0.481 e. The Labute approximate surface area is 99.0 Å². The molecule has 100 valence electrons. The van der Waals surface area contributed by atoms with Gasteiger partial charge in [-0.15, -0.1) is 0 Å². The number of carboxylic acids is 1. The first kappa shape index (κ1) is 14.4. The van der Waals surface area contributed by atoms with Gasteiger partial charge in [-0.05, 0) is 11.6 Å². The summed E-state index contributed by atoms with van der Waals surface area (Å²) < 4.78 is 62.7. The highest BCUT2D eigenvalue weighted by atomic mass is 19.4. The van der Waals surface area contributed by atoms with Crippen LogP contribution in [0.25, 0.3) is 0 Å². The average molecular weight is 268 g/mol. The van der Waals surface area contributed by atoms with Gasteiger partial charge in [0.2, 0.25) is 0 Å². The Morgan fingerprint density at radius 2 is 1.78 bits per heavy atom. The second-order valence-electron chi connectivity index (χ2n) is 3.66. The summed E-state index contributed by atoms with van der Waals surface area (Å²) >= 11 is 0. The fourth-order valence-corrected chi connectivity index (χ4v) is 1.51. The van der Waals surface area contributed by atoms with Crippen LogP contribution in [-0.2, 0) is 4.79 Å². The third kappa shape index (κ3) is 3.68. The van der Waals surface area contributed by atoms with Gasteiger partial charge in [-0.25, -0.2) is 8.78 Å². The van der Waals surface area contributed by atoms with Crippen LogP contribution in [0.2, 0.25) is 0 Å². The van der Waals surface area contributed by atoms with Crippen LogP contribution in [0.4, 0.5) is 22.0 Å². The van der Waals surface area contributed by atoms with Gasteiger partial charge in [-0.1, -0.05) is 18.2 Å². The highest BCUT2D eigenvalue weighted by Gasteiger charge is 2.42. The van der Waals surface area contributed by atoms with Crippen LogP contribution in [-0.4, -0.2) is 17.3 Å². The van der Waals surface area contributed by atoms with Crippen molar-refractivity contribution >= 4 is 5.97 Å². The second-order valence-corrected chi connectivity index (χ2v) is 3.66. The summed E-state index contributed by atoms with van der Waals surface area (Å²) in [6.07, 6.45) is -8.88. The third-order valence-electron chi connectivity index (χ3n) is 2.34. The maximum absolute atomic E-state index is 12.6. The molecule has 0 aliphatic carbocycles. The van der Waals surface area contributed by atoms with E-state index >= 15 is 0 Å². The van der Waals surface area contributed by atoms with Crippen molar-refractivity contribution < 1.29 is 31.9 Å². The first-order valence-electron chi connectivity index (χ1n) is 4.88. The molecule has 0 aliphatic rings. The zero-order chi connectivity index (χ0) is 13.9. The van der Waals surface area contributed by atoms with E-state index in [1.807, 2.05) is 0 Å². The van der Waals surface area contributed by atoms with Gasteiger partial charge >= 0.3 is 12.1 Å². The molecule has 0 bridgehead atoms. The smallest absolute Gasteiger partial charge is 0.396 e. The van der Waals surface area contributed by atoms with Crippen LogP contribution in [0.5, 0.6) is 0 Å². The quantitative estimate of drug-likeness (QED) is 0.844. The molecule has 0 heterocycles. The topological polar surface area (TPSA) is 37.3 Å². The van der Waals surface area contributed by atoms with Crippen molar-refractivity contribution in [2.75, 3.05) is 0 Å². The third-order valence-corrected chi connectivity index (χ3v) is 2.34. The SMILES string of the molecule is O=C(O)CC(c1cccc(C(F)F)c1)C(F)(F)F. The van der Waals surface area contributed by atoms with Gasteiger partial charge in [0, 0.05) is 5.56 Å². The van der Waals surface area contributed by atoms with Crippen molar-refractivity contribution in [1.82, 2.24) is 0 Å². The van der Waals surface area contributed by atoms with Crippen molar-refractivity contribution in [1.29, 1.82) is 0 Å². The molecule has 0 fully saturated rings. The molecule has 0 saturated heterocycles. The number of halogens is 5. The highest BCUT2D eigenvalue weighted by Crippen LogP contribution is 2.38. The number of alkyl halides is 5. The fraction of sp³-hybridized carbons (Fsp3) is 0.364. The molecule has 0 aliphatic heterocycles. The summed E-state index contributed by atoms with van der Waals surface area (Å²) in [6, 6.07) is 3.72. The van der Waals surface area contributed by atoms with Gasteiger partial charge in [-0.2, -0.15) is 13.2 Å². The molecular weight excluding hydrogens is 259 g/mol. The lowest BCUT2D eigenvalue weighted by molar-refractivity contribution is -0.163. The lowest BCUT2D eigenvalue weighted by Crippen LogP contribution is -2.23. The van der Waals surface area contributed by atoms with Gasteiger partial charge in [0.25, 0.3) is 6.43 Å². The number of carbonyl (C=O) groups is 1. The summed E-state index contributed by atoms with van der Waals surface area (Å²) in [7, 11) is 0. The Balaban J connectivity index is 3.13. The van der Waals surface area contributed by atoms with Crippen molar-refractivity contribution in [2.24, 2.45) is 0 Å². The Kier molecular flexibility index (Phi) is 4.26. The standard InChI is InChI=1S/C11H9F5O2/c12-10(13)7-3-1-2-6(4-7)8(5-9(17)18)11(14,15)16/h1-4,8,10H,5H2,(H,17,18). The molecule has 1 rings (SSSR count). The first-order valence-corrected chi connectivity index (χ1v) is 4.88. The van der Waals surface area contributed by atoms with Crippen LogP contribution < -0.4 is 0 Å². The molecule has 2 nitrogen and oxygen atoms in total. The fourth-order valence-electron chi connectivity index (χ4n) is 1.51. The van der Waals surface area contributed by atoms with E-state index in [0.717, 1.165) is 18.2 Å². The largest absolute Gasteiger partial charge is 0.481 e. The van der Waals surface area contributed by atoms with E-state index in [9.17, 15) is 26.7 Å². The highest BCUT2D eigenvalue weighted by molar-refractivity contribution is 5.68. The molecule has 1 aromatic rings. The summed E-state index contributed by atoms with van der Waals surface area (Å²) in [4.78, 5) is 10.4. The zero-order valence-corrected chi connectivity index (χ0v) is 8.92. The molecule has 0 radical (unpaired) electrons. The molecule has 0 aromatic heterocycles. The van der Waals surface area contributed by atoms with Gasteiger partial charge < -0.3 is 5.11 Å². The van der Waals surface area contributed by atoms with Gasteiger partial charge in [0.05, 0.1) is 12.3 Å². The van der Waals surface area contributed by atoms with E-state index in [2.05, 4.69) is 0 Å². The van der Waals surface area contributed by atoms with Gasteiger partial charge in [-0.3, -0.25) is 4.79 Å². The zero-order valence-electron chi connectivity index (χ0n) is 8.92. The van der Waals surface area contributed by atoms with Crippen LogP contribution in [0.15, 0.2) is 24.3 Å². The summed E-state index contributed by atoms with van der Waals surface area (Å²) in [6.45, 7) is 0. The maximum Gasteiger partial charge on any atom is 0.396 e. The van der Waals surface area contributed by atoms with Gasteiger partial charge in [0.1, 0.15) is 0 Å². The average Bonchev–Trinajstić information content (AvgIpc) is 2.24. The second kappa shape index (κ2) is 5.32. The molecule has 1 aromatic carbocycles. The van der Waals surface area contributed by atoms with Crippen LogP contribution in [0, 0.1) is 0 Å². The number of benzene rings is 1. The Hall–Kier alpha value is -1.66. The molecule has 7 heteroatoms. The Morgan fingerprint density at radius 1 is 1.22 bits per heavy atom. The Bertz CT molecular complexity index is 428. The number of carboxylic acid groups (broad SMARTS) is 1. The minimum absolute atomic E-state index is 0.470. The molecule has 1 N–H and O–H groups in total. The lowest BCUT2D eigenvalue weighted by Gasteiger charge is -2.19.